The fourth-order valence-corrected chi connectivity index (χ4v) is 7.70. The molecule has 0 radical (unpaired) electrons. The third-order valence-corrected chi connectivity index (χ3v) is 8.92. The number of benzene rings is 3. The lowest BCUT2D eigenvalue weighted by Gasteiger charge is -2.25. The van der Waals surface area contributed by atoms with Crippen LogP contribution in [0.3, 0.4) is 0 Å². The van der Waals surface area contributed by atoms with E-state index in [-0.39, 0.29) is 11.5 Å². The second-order valence-corrected chi connectivity index (χ2v) is 12.3. The van der Waals surface area contributed by atoms with Crippen LogP contribution in [0.15, 0.2) is 87.8 Å². The van der Waals surface area contributed by atoms with Gasteiger partial charge in [-0.2, -0.15) is 0 Å². The van der Waals surface area contributed by atoms with Crippen molar-refractivity contribution in [2.45, 2.75) is 19.9 Å². The molecular formula is C30H25I2N3O4S. The van der Waals surface area contributed by atoms with Crippen LogP contribution >= 0.6 is 56.5 Å². The maximum absolute atomic E-state index is 14.0. The Balaban J connectivity index is 1.65. The summed E-state index contributed by atoms with van der Waals surface area (Å²) >= 11 is 5.82. The highest BCUT2D eigenvalue weighted by Crippen LogP contribution is 2.32. The zero-order chi connectivity index (χ0) is 28.4. The zero-order valence-electron chi connectivity index (χ0n) is 21.9. The van der Waals surface area contributed by atoms with Crippen LogP contribution in [0.2, 0.25) is 0 Å². The number of rotatable bonds is 7. The molecule has 2 heterocycles. The summed E-state index contributed by atoms with van der Waals surface area (Å²) in [6, 6.07) is 20.0. The van der Waals surface area contributed by atoms with Crippen LogP contribution in [0.1, 0.15) is 31.0 Å². The minimum Gasteiger partial charge on any atom is -0.497 e. The van der Waals surface area contributed by atoms with E-state index in [9.17, 15) is 9.59 Å². The van der Waals surface area contributed by atoms with E-state index in [4.69, 9.17) is 14.5 Å². The standard InChI is InChI=1S/C30H25I2N3O4S/c1-4-39-27-22(31)14-18(15-23(27)32)16-24-29(37)35-26(19-10-12-21(38-3)13-11-19)25(17(2)33-30(35)40-24)28(36)34-20-8-6-5-7-9-20/h5-16,26H,4H2,1-3H3,(H,34,36)/b24-16+/t26-/m0/s1. The summed E-state index contributed by atoms with van der Waals surface area (Å²) in [5.74, 6) is 1.22. The number of ether oxygens (including phenoxy) is 2. The van der Waals surface area contributed by atoms with Crippen LogP contribution in [0.4, 0.5) is 5.69 Å². The van der Waals surface area contributed by atoms with Crippen molar-refractivity contribution in [3.8, 4) is 11.5 Å². The number of nitrogens with one attached hydrogen (secondary N) is 1. The number of methoxy groups -OCH3 is 1. The van der Waals surface area contributed by atoms with Gasteiger partial charge in [0.15, 0.2) is 4.80 Å². The molecule has 0 fully saturated rings. The lowest BCUT2D eigenvalue weighted by atomic mass is 9.95. The Morgan fingerprint density at radius 1 is 1.10 bits per heavy atom. The molecule has 40 heavy (non-hydrogen) atoms. The molecule has 1 aromatic heterocycles. The molecule has 0 saturated heterocycles. The second kappa shape index (κ2) is 12.3. The minimum atomic E-state index is -0.659. The number of thiazole rings is 1. The van der Waals surface area contributed by atoms with Crippen LogP contribution in [0, 0.1) is 7.14 Å². The number of fused-ring (bicyclic) bond motifs is 1. The summed E-state index contributed by atoms with van der Waals surface area (Å²) in [5.41, 5.74) is 3.11. The normalized spacial score (nSPS) is 14.9. The van der Waals surface area contributed by atoms with Gasteiger partial charge in [-0.05, 0) is 113 Å². The number of carbonyl (C=O) groups is 1. The van der Waals surface area contributed by atoms with E-state index < -0.39 is 6.04 Å². The molecule has 4 aromatic rings. The van der Waals surface area contributed by atoms with Crippen molar-refractivity contribution >= 4 is 74.2 Å². The molecule has 1 aliphatic heterocycles. The van der Waals surface area contributed by atoms with Crippen LogP contribution in [0.25, 0.3) is 6.08 Å². The van der Waals surface area contributed by atoms with Gasteiger partial charge in [0.05, 0.1) is 42.7 Å². The molecular weight excluding hydrogens is 752 g/mol. The predicted molar refractivity (Wildman–Crippen MR) is 175 cm³/mol. The van der Waals surface area contributed by atoms with Gasteiger partial charge in [0, 0.05) is 5.69 Å². The van der Waals surface area contributed by atoms with E-state index in [1.807, 2.05) is 86.7 Å². The van der Waals surface area contributed by atoms with Gasteiger partial charge in [-0.1, -0.05) is 41.7 Å². The number of aromatic nitrogens is 1. The van der Waals surface area contributed by atoms with Crippen molar-refractivity contribution in [3.05, 3.63) is 116 Å². The van der Waals surface area contributed by atoms with Crippen LogP contribution < -0.4 is 29.7 Å². The Bertz CT molecular complexity index is 1770. The molecule has 0 saturated carbocycles. The Labute approximate surface area is 262 Å². The minimum absolute atomic E-state index is 0.207. The number of para-hydroxylation sites is 1. The third-order valence-electron chi connectivity index (χ3n) is 6.34. The molecule has 1 N–H and O–H groups in total. The Morgan fingerprint density at radius 2 is 1.77 bits per heavy atom. The number of hydrogen-bond acceptors (Lipinski definition) is 6. The fourth-order valence-electron chi connectivity index (χ4n) is 4.53. The summed E-state index contributed by atoms with van der Waals surface area (Å²) in [5, 5.41) is 2.97. The largest absolute Gasteiger partial charge is 0.497 e. The highest BCUT2D eigenvalue weighted by Gasteiger charge is 2.32. The van der Waals surface area contributed by atoms with Gasteiger partial charge >= 0.3 is 0 Å². The molecule has 10 heteroatoms. The third kappa shape index (κ3) is 5.75. The molecule has 3 aromatic carbocycles. The van der Waals surface area contributed by atoms with Crippen molar-refractivity contribution in [3.63, 3.8) is 0 Å². The van der Waals surface area contributed by atoms with E-state index in [1.54, 1.807) is 11.7 Å². The van der Waals surface area contributed by atoms with E-state index in [2.05, 4.69) is 50.5 Å². The van der Waals surface area contributed by atoms with E-state index >= 15 is 0 Å². The molecule has 0 spiro atoms. The van der Waals surface area contributed by atoms with E-state index in [1.165, 1.54) is 11.3 Å². The molecule has 0 aliphatic carbocycles. The average Bonchev–Trinajstić information content (AvgIpc) is 3.24. The first-order valence-corrected chi connectivity index (χ1v) is 15.4. The number of allylic oxidation sites excluding steroid dienone is 1. The van der Waals surface area contributed by atoms with Crippen molar-refractivity contribution in [2.24, 2.45) is 4.99 Å². The molecule has 0 unspecified atom stereocenters. The molecule has 1 aliphatic rings. The Kier molecular flexibility index (Phi) is 8.76. The van der Waals surface area contributed by atoms with E-state index in [0.717, 1.165) is 24.0 Å². The summed E-state index contributed by atoms with van der Waals surface area (Å²) in [4.78, 5) is 32.9. The molecule has 5 rings (SSSR count). The van der Waals surface area contributed by atoms with Crippen molar-refractivity contribution in [2.75, 3.05) is 19.0 Å². The van der Waals surface area contributed by atoms with Crippen molar-refractivity contribution in [1.82, 2.24) is 4.57 Å². The lowest BCUT2D eigenvalue weighted by Crippen LogP contribution is -2.40. The number of nitrogens with zero attached hydrogens (tertiary/aromatic N) is 2. The topological polar surface area (TPSA) is 81.9 Å². The quantitative estimate of drug-likeness (QED) is 0.252. The average molecular weight is 777 g/mol. The molecule has 7 nitrogen and oxygen atoms in total. The number of halogens is 2. The maximum atomic E-state index is 14.0. The van der Waals surface area contributed by atoms with Gasteiger partial charge in [-0.25, -0.2) is 4.99 Å². The predicted octanol–water partition coefficient (Wildman–Crippen LogP) is 5.49. The van der Waals surface area contributed by atoms with Gasteiger partial charge < -0.3 is 14.8 Å². The first-order valence-electron chi connectivity index (χ1n) is 12.5. The zero-order valence-corrected chi connectivity index (χ0v) is 27.0. The highest BCUT2D eigenvalue weighted by molar-refractivity contribution is 14.1. The molecule has 1 amide bonds. The van der Waals surface area contributed by atoms with Crippen LogP contribution in [0.5, 0.6) is 11.5 Å². The maximum Gasteiger partial charge on any atom is 0.271 e. The fraction of sp³-hybridized carbons (Fsp3) is 0.167. The second-order valence-electron chi connectivity index (χ2n) is 8.92. The SMILES string of the molecule is CCOc1c(I)cc(/C=c2/sc3n(c2=O)[C@@H](c2ccc(OC)cc2)C(C(=O)Nc2ccccc2)=C(C)N=3)cc1I. The Morgan fingerprint density at radius 3 is 2.40 bits per heavy atom. The van der Waals surface area contributed by atoms with Gasteiger partial charge in [0.25, 0.3) is 11.5 Å². The summed E-state index contributed by atoms with van der Waals surface area (Å²) in [6.07, 6.45) is 1.87. The van der Waals surface area contributed by atoms with Gasteiger partial charge in [0.2, 0.25) is 0 Å². The monoisotopic (exact) mass is 777 g/mol. The highest BCUT2D eigenvalue weighted by atomic mass is 127. The number of amides is 1. The van der Waals surface area contributed by atoms with Crippen LogP contribution in [-0.2, 0) is 4.79 Å². The summed E-state index contributed by atoms with van der Waals surface area (Å²) < 4.78 is 15.2. The molecule has 0 bridgehead atoms. The molecule has 204 valence electrons. The summed E-state index contributed by atoms with van der Waals surface area (Å²) in [7, 11) is 1.60. The van der Waals surface area contributed by atoms with Crippen molar-refractivity contribution in [1.29, 1.82) is 0 Å². The number of carbonyl (C=O) groups excluding carboxylic acids is 1. The Hall–Kier alpha value is -2.97. The molecule has 1 atom stereocenters. The van der Waals surface area contributed by atoms with Gasteiger partial charge in [-0.3, -0.25) is 14.2 Å². The van der Waals surface area contributed by atoms with Gasteiger partial charge in [-0.15, -0.1) is 0 Å². The number of anilines is 1. The smallest absolute Gasteiger partial charge is 0.271 e. The number of hydrogen-bond donors (Lipinski definition) is 1. The van der Waals surface area contributed by atoms with E-state index in [0.29, 0.717) is 38.6 Å². The van der Waals surface area contributed by atoms with Crippen molar-refractivity contribution < 1.29 is 14.3 Å². The first kappa shape index (κ1) is 28.6. The van der Waals surface area contributed by atoms with Crippen LogP contribution in [-0.4, -0.2) is 24.2 Å². The first-order chi connectivity index (χ1) is 19.3. The lowest BCUT2D eigenvalue weighted by molar-refractivity contribution is -0.113. The van der Waals surface area contributed by atoms with Gasteiger partial charge in [0.1, 0.15) is 11.5 Å². The summed E-state index contributed by atoms with van der Waals surface area (Å²) in [6.45, 7) is 4.34.